The summed E-state index contributed by atoms with van der Waals surface area (Å²) < 4.78 is 9.12. The summed E-state index contributed by atoms with van der Waals surface area (Å²) in [6, 6.07) is 13.4. The number of amides is 1. The van der Waals surface area contributed by atoms with E-state index in [4.69, 9.17) is 4.74 Å². The van der Waals surface area contributed by atoms with Gasteiger partial charge in [0.2, 0.25) is 0 Å². The quantitative estimate of drug-likeness (QED) is 0.640. The molecule has 0 saturated heterocycles. The smallest absolute Gasteiger partial charge is 0.340 e. The van der Waals surface area contributed by atoms with E-state index < -0.39 is 18.0 Å². The Morgan fingerprint density at radius 1 is 1.07 bits per heavy atom. The molecule has 0 fully saturated rings. The van der Waals surface area contributed by atoms with Crippen LogP contribution >= 0.6 is 0 Å². The summed E-state index contributed by atoms with van der Waals surface area (Å²) in [5, 5.41) is 6.95. The number of esters is 1. The van der Waals surface area contributed by atoms with Crippen molar-refractivity contribution in [3.8, 4) is 5.69 Å². The number of aryl methyl sites for hydroxylation is 1. The second-order valence-electron chi connectivity index (χ2n) is 7.25. The van der Waals surface area contributed by atoms with Crippen LogP contribution in [0, 0.1) is 13.8 Å². The Labute approximate surface area is 170 Å². The molecule has 3 rings (SSSR count). The van der Waals surface area contributed by atoms with E-state index in [2.05, 4.69) is 10.4 Å². The lowest BCUT2D eigenvalue weighted by molar-refractivity contribution is -0.123. The fourth-order valence-corrected chi connectivity index (χ4v) is 3.27. The molecule has 3 aromatic rings. The first-order chi connectivity index (χ1) is 13.8. The number of carbonyl (C=O) groups is 2. The molecule has 0 bridgehead atoms. The number of para-hydroxylation sites is 1. The van der Waals surface area contributed by atoms with Crippen molar-refractivity contribution in [1.82, 2.24) is 14.3 Å². The topological polar surface area (TPSA) is 78.2 Å². The van der Waals surface area contributed by atoms with Crippen molar-refractivity contribution in [2.24, 2.45) is 0 Å². The molecule has 0 unspecified atom stereocenters. The van der Waals surface area contributed by atoms with Crippen molar-refractivity contribution in [1.29, 1.82) is 0 Å². The van der Waals surface area contributed by atoms with E-state index in [0.717, 1.165) is 17.1 Å². The maximum Gasteiger partial charge on any atom is 0.340 e. The van der Waals surface area contributed by atoms with Crippen molar-refractivity contribution >= 4 is 17.7 Å². The molecule has 0 radical (unpaired) electrons. The number of nitrogens with zero attached hydrogens (tertiary/aromatic N) is 3. The van der Waals surface area contributed by atoms with Gasteiger partial charge in [-0.2, -0.15) is 5.10 Å². The molecule has 0 aliphatic rings. The molecule has 1 aromatic carbocycles. The highest BCUT2D eigenvalue weighted by molar-refractivity contribution is 5.97. The number of hydrogen-bond acceptors (Lipinski definition) is 4. The van der Waals surface area contributed by atoms with Crippen LogP contribution in [-0.4, -0.2) is 32.3 Å². The molecule has 2 aromatic heterocycles. The van der Waals surface area contributed by atoms with Crippen LogP contribution in [-0.2, 0) is 9.53 Å². The normalized spacial score (nSPS) is 12.1. The van der Waals surface area contributed by atoms with Crippen LogP contribution in [0.4, 0.5) is 5.82 Å². The zero-order chi connectivity index (χ0) is 21.1. The molecular formula is C22H26N4O3. The molecule has 0 aliphatic carbocycles. The Bertz CT molecular complexity index is 1020. The van der Waals surface area contributed by atoms with Crippen LogP contribution in [0.25, 0.3) is 5.69 Å². The minimum Gasteiger partial charge on any atom is -0.449 e. The van der Waals surface area contributed by atoms with Crippen LogP contribution < -0.4 is 5.32 Å². The molecule has 1 N–H and O–H groups in total. The van der Waals surface area contributed by atoms with Gasteiger partial charge in [0, 0.05) is 29.2 Å². The molecule has 2 heterocycles. The molecule has 29 heavy (non-hydrogen) atoms. The van der Waals surface area contributed by atoms with E-state index in [9.17, 15) is 9.59 Å². The van der Waals surface area contributed by atoms with Gasteiger partial charge in [0.15, 0.2) is 6.10 Å². The third-order valence-electron chi connectivity index (χ3n) is 4.73. The van der Waals surface area contributed by atoms with E-state index in [1.807, 2.05) is 62.6 Å². The maximum absolute atomic E-state index is 12.7. The molecule has 152 valence electrons. The number of ether oxygens (including phenoxy) is 1. The van der Waals surface area contributed by atoms with E-state index in [0.29, 0.717) is 11.4 Å². The summed E-state index contributed by atoms with van der Waals surface area (Å²) in [5.41, 5.74) is 3.09. The standard InChI is InChI=1S/C22H26N4O3/c1-14(2)26-20(11-12-23-26)24-21(27)17(5)29-22(28)19-13-15(3)25(16(19)4)18-9-7-6-8-10-18/h6-14,17H,1-5H3,(H,24,27)/t17-/m1/s1. The number of carbonyl (C=O) groups excluding carboxylic acids is 2. The number of hydrogen-bond donors (Lipinski definition) is 1. The van der Waals surface area contributed by atoms with Gasteiger partial charge in [-0.15, -0.1) is 0 Å². The lowest BCUT2D eigenvalue weighted by atomic mass is 10.2. The van der Waals surface area contributed by atoms with Gasteiger partial charge in [-0.1, -0.05) is 18.2 Å². The van der Waals surface area contributed by atoms with Crippen LogP contribution in [0.5, 0.6) is 0 Å². The summed E-state index contributed by atoms with van der Waals surface area (Å²) in [6.07, 6.45) is 0.669. The second kappa shape index (κ2) is 8.34. The van der Waals surface area contributed by atoms with Gasteiger partial charge in [0.1, 0.15) is 5.82 Å². The van der Waals surface area contributed by atoms with Crippen molar-refractivity contribution in [2.75, 3.05) is 5.32 Å². The average Bonchev–Trinajstić information content (AvgIpc) is 3.26. The minimum absolute atomic E-state index is 0.0986. The SMILES string of the molecule is Cc1cc(C(=O)O[C@H](C)C(=O)Nc2ccnn2C(C)C)c(C)n1-c1ccccc1. The van der Waals surface area contributed by atoms with Gasteiger partial charge < -0.3 is 14.6 Å². The molecule has 0 saturated carbocycles. The predicted molar refractivity (Wildman–Crippen MR) is 111 cm³/mol. The van der Waals surface area contributed by atoms with E-state index in [-0.39, 0.29) is 6.04 Å². The van der Waals surface area contributed by atoms with Gasteiger partial charge in [-0.3, -0.25) is 4.79 Å². The third kappa shape index (κ3) is 4.23. The summed E-state index contributed by atoms with van der Waals surface area (Å²) in [6.45, 7) is 9.28. The van der Waals surface area contributed by atoms with Crippen molar-refractivity contribution in [3.05, 3.63) is 65.6 Å². The lowest BCUT2D eigenvalue weighted by Gasteiger charge is -2.16. The Kier molecular flexibility index (Phi) is 5.87. The Balaban J connectivity index is 1.73. The van der Waals surface area contributed by atoms with Gasteiger partial charge in [-0.05, 0) is 52.8 Å². The second-order valence-corrected chi connectivity index (χ2v) is 7.25. The van der Waals surface area contributed by atoms with E-state index in [1.54, 1.807) is 29.9 Å². The molecule has 1 amide bonds. The lowest BCUT2D eigenvalue weighted by Crippen LogP contribution is -2.31. The summed E-state index contributed by atoms with van der Waals surface area (Å²) in [4.78, 5) is 25.2. The fraction of sp³-hybridized carbons (Fsp3) is 0.318. The van der Waals surface area contributed by atoms with Gasteiger partial charge in [0.25, 0.3) is 5.91 Å². The summed E-state index contributed by atoms with van der Waals surface area (Å²) in [7, 11) is 0. The van der Waals surface area contributed by atoms with E-state index in [1.165, 1.54) is 0 Å². The van der Waals surface area contributed by atoms with Gasteiger partial charge in [0.05, 0.1) is 11.8 Å². The molecule has 1 atom stereocenters. The molecule has 7 heteroatoms. The highest BCUT2D eigenvalue weighted by Crippen LogP contribution is 2.22. The Morgan fingerprint density at radius 2 is 1.76 bits per heavy atom. The highest BCUT2D eigenvalue weighted by atomic mass is 16.5. The molecular weight excluding hydrogens is 368 g/mol. The first-order valence-corrected chi connectivity index (χ1v) is 9.59. The van der Waals surface area contributed by atoms with Crippen LogP contribution in [0.2, 0.25) is 0 Å². The number of anilines is 1. The van der Waals surface area contributed by atoms with E-state index >= 15 is 0 Å². The minimum atomic E-state index is -0.946. The first kappa shape index (κ1) is 20.4. The predicted octanol–water partition coefficient (Wildman–Crippen LogP) is 4.06. The van der Waals surface area contributed by atoms with Crippen LogP contribution in [0.3, 0.4) is 0 Å². The van der Waals surface area contributed by atoms with Gasteiger partial charge in [-0.25, -0.2) is 9.48 Å². The summed E-state index contributed by atoms with van der Waals surface area (Å²) in [5.74, 6) is -0.368. The molecule has 7 nitrogen and oxygen atoms in total. The van der Waals surface area contributed by atoms with Gasteiger partial charge >= 0.3 is 5.97 Å². The Hall–Kier alpha value is -3.35. The van der Waals surface area contributed by atoms with Crippen LogP contribution in [0.1, 0.15) is 48.6 Å². The highest BCUT2D eigenvalue weighted by Gasteiger charge is 2.24. The maximum atomic E-state index is 12.7. The Morgan fingerprint density at radius 3 is 2.41 bits per heavy atom. The zero-order valence-corrected chi connectivity index (χ0v) is 17.3. The number of nitrogens with one attached hydrogen (secondary N) is 1. The third-order valence-corrected chi connectivity index (χ3v) is 4.73. The fourth-order valence-electron chi connectivity index (χ4n) is 3.27. The monoisotopic (exact) mass is 394 g/mol. The molecule has 0 aliphatic heterocycles. The number of benzene rings is 1. The molecule has 0 spiro atoms. The summed E-state index contributed by atoms with van der Waals surface area (Å²) >= 11 is 0. The zero-order valence-electron chi connectivity index (χ0n) is 17.3. The largest absolute Gasteiger partial charge is 0.449 e. The van der Waals surface area contributed by atoms with Crippen LogP contribution in [0.15, 0.2) is 48.7 Å². The number of aromatic nitrogens is 3. The first-order valence-electron chi connectivity index (χ1n) is 9.59. The average molecular weight is 394 g/mol. The van der Waals surface area contributed by atoms with Crippen molar-refractivity contribution in [2.45, 2.75) is 46.8 Å². The van der Waals surface area contributed by atoms with Crippen molar-refractivity contribution in [3.63, 3.8) is 0 Å². The van der Waals surface area contributed by atoms with Crippen molar-refractivity contribution < 1.29 is 14.3 Å². The number of rotatable bonds is 6.